The number of carbonyl (C=O) groups excluding carboxylic acids is 1. The van der Waals surface area contributed by atoms with Gasteiger partial charge in [-0.1, -0.05) is 15.9 Å². The van der Waals surface area contributed by atoms with Crippen LogP contribution in [-0.2, 0) is 11.2 Å². The Hall–Kier alpha value is -1.07. The number of methoxy groups -OCH3 is 1. The first-order valence-electron chi connectivity index (χ1n) is 5.95. The lowest BCUT2D eigenvalue weighted by Crippen LogP contribution is -2.43. The lowest BCUT2D eigenvalue weighted by Gasteiger charge is -2.12. The Bertz CT molecular complexity index is 458. The van der Waals surface area contributed by atoms with Crippen molar-refractivity contribution in [2.45, 2.75) is 24.8 Å². The van der Waals surface area contributed by atoms with Crippen LogP contribution in [-0.4, -0.2) is 25.1 Å². The van der Waals surface area contributed by atoms with Crippen LogP contribution in [0.5, 0.6) is 5.75 Å². The molecule has 3 N–H and O–H groups in total. The molecule has 2 rings (SSSR count). The minimum atomic E-state index is -0.596. The van der Waals surface area contributed by atoms with Gasteiger partial charge in [-0.2, -0.15) is 0 Å². The molecule has 0 heterocycles. The molecule has 1 aromatic rings. The van der Waals surface area contributed by atoms with E-state index in [2.05, 4.69) is 21.2 Å². The molecule has 1 saturated carbocycles. The predicted octanol–water partition coefficient (Wildman–Crippen LogP) is 1.61. The lowest BCUT2D eigenvalue weighted by atomic mass is 10.1. The van der Waals surface area contributed by atoms with E-state index in [9.17, 15) is 4.79 Å². The van der Waals surface area contributed by atoms with Crippen molar-refractivity contribution in [1.82, 2.24) is 5.32 Å². The maximum atomic E-state index is 11.7. The summed E-state index contributed by atoms with van der Waals surface area (Å²) in [4.78, 5) is 11.7. The molecule has 0 atom stereocenters. The minimum absolute atomic E-state index is 0.0449. The Labute approximate surface area is 115 Å². The van der Waals surface area contributed by atoms with Crippen LogP contribution >= 0.6 is 15.9 Å². The molecule has 4 nitrogen and oxygen atoms in total. The predicted molar refractivity (Wildman–Crippen MR) is 73.6 cm³/mol. The van der Waals surface area contributed by atoms with E-state index < -0.39 is 5.54 Å². The molecule has 5 heteroatoms. The third-order valence-electron chi connectivity index (χ3n) is 3.16. The highest BCUT2D eigenvalue weighted by Crippen LogP contribution is 2.32. The Balaban J connectivity index is 1.89. The van der Waals surface area contributed by atoms with Gasteiger partial charge in [0.1, 0.15) is 5.75 Å². The first-order valence-corrected chi connectivity index (χ1v) is 6.74. The molecule has 0 spiro atoms. The number of hydrogen-bond acceptors (Lipinski definition) is 3. The van der Waals surface area contributed by atoms with Gasteiger partial charge in [0.15, 0.2) is 0 Å². The van der Waals surface area contributed by atoms with Crippen LogP contribution in [0.3, 0.4) is 0 Å². The number of halogens is 1. The van der Waals surface area contributed by atoms with E-state index in [-0.39, 0.29) is 5.91 Å². The summed E-state index contributed by atoms with van der Waals surface area (Å²) in [6, 6.07) is 5.84. The molecule has 0 unspecified atom stereocenters. The minimum Gasteiger partial charge on any atom is -0.496 e. The van der Waals surface area contributed by atoms with Crippen molar-refractivity contribution in [2.75, 3.05) is 13.7 Å². The number of hydrogen-bond donors (Lipinski definition) is 2. The van der Waals surface area contributed by atoms with Crippen molar-refractivity contribution >= 4 is 21.8 Å². The maximum Gasteiger partial charge on any atom is 0.240 e. The van der Waals surface area contributed by atoms with Crippen LogP contribution in [0.1, 0.15) is 18.4 Å². The largest absolute Gasteiger partial charge is 0.496 e. The molecular weight excluding hydrogens is 296 g/mol. The number of benzene rings is 1. The van der Waals surface area contributed by atoms with Crippen LogP contribution in [0, 0.1) is 0 Å². The first kappa shape index (κ1) is 13.4. The number of carbonyl (C=O) groups is 1. The summed E-state index contributed by atoms with van der Waals surface area (Å²) in [5.41, 5.74) is 6.27. The van der Waals surface area contributed by atoms with Gasteiger partial charge in [-0.25, -0.2) is 0 Å². The Morgan fingerprint density at radius 1 is 1.56 bits per heavy atom. The molecule has 0 aromatic heterocycles. The summed E-state index contributed by atoms with van der Waals surface area (Å²) < 4.78 is 6.28. The van der Waals surface area contributed by atoms with E-state index in [0.29, 0.717) is 6.54 Å². The van der Waals surface area contributed by atoms with Gasteiger partial charge in [0.25, 0.3) is 0 Å². The van der Waals surface area contributed by atoms with Gasteiger partial charge < -0.3 is 15.8 Å². The quantitative estimate of drug-likeness (QED) is 0.868. The number of amides is 1. The molecule has 1 aliphatic carbocycles. The molecule has 1 aliphatic rings. The summed E-state index contributed by atoms with van der Waals surface area (Å²) in [5, 5.41) is 2.87. The maximum absolute atomic E-state index is 11.7. The van der Waals surface area contributed by atoms with Gasteiger partial charge in [0.2, 0.25) is 5.91 Å². The smallest absolute Gasteiger partial charge is 0.240 e. The molecule has 0 radical (unpaired) electrons. The van der Waals surface area contributed by atoms with Crippen molar-refractivity contribution in [3.8, 4) is 5.75 Å². The number of ether oxygens (including phenoxy) is 1. The van der Waals surface area contributed by atoms with Crippen LogP contribution < -0.4 is 15.8 Å². The molecule has 0 bridgehead atoms. The van der Waals surface area contributed by atoms with E-state index in [1.807, 2.05) is 18.2 Å². The van der Waals surface area contributed by atoms with E-state index in [1.165, 1.54) is 0 Å². The Morgan fingerprint density at radius 2 is 2.28 bits per heavy atom. The molecular formula is C13H17BrN2O2. The van der Waals surface area contributed by atoms with Crippen LogP contribution in [0.25, 0.3) is 0 Å². The average Bonchev–Trinajstić information content (AvgIpc) is 3.09. The second kappa shape index (κ2) is 5.28. The topological polar surface area (TPSA) is 64.3 Å². The van der Waals surface area contributed by atoms with Gasteiger partial charge >= 0.3 is 0 Å². The van der Waals surface area contributed by atoms with Gasteiger partial charge in [0, 0.05) is 11.0 Å². The zero-order valence-electron chi connectivity index (χ0n) is 10.3. The van der Waals surface area contributed by atoms with Crippen molar-refractivity contribution < 1.29 is 9.53 Å². The highest BCUT2D eigenvalue weighted by Gasteiger charge is 2.45. The molecule has 1 amide bonds. The third-order valence-corrected chi connectivity index (χ3v) is 3.66. The molecule has 18 heavy (non-hydrogen) atoms. The zero-order valence-corrected chi connectivity index (χ0v) is 11.9. The summed E-state index contributed by atoms with van der Waals surface area (Å²) in [7, 11) is 1.64. The van der Waals surface area contributed by atoms with Crippen LogP contribution in [0.4, 0.5) is 0 Å². The standard InChI is InChI=1S/C13H17BrN2O2/c1-18-11-3-2-10(14)8-9(11)4-7-16-12(17)13(15)5-6-13/h2-3,8H,4-7,15H2,1H3,(H,16,17). The number of nitrogens with one attached hydrogen (secondary N) is 1. The Kier molecular flexibility index (Phi) is 3.92. The molecule has 1 fully saturated rings. The fourth-order valence-electron chi connectivity index (χ4n) is 1.79. The van der Waals surface area contributed by atoms with Crippen molar-refractivity contribution in [3.63, 3.8) is 0 Å². The highest BCUT2D eigenvalue weighted by molar-refractivity contribution is 9.10. The lowest BCUT2D eigenvalue weighted by molar-refractivity contribution is -0.123. The number of rotatable bonds is 5. The third kappa shape index (κ3) is 3.03. The number of nitrogens with two attached hydrogens (primary N) is 1. The summed E-state index contributed by atoms with van der Waals surface area (Å²) >= 11 is 3.43. The van der Waals surface area contributed by atoms with E-state index >= 15 is 0 Å². The average molecular weight is 313 g/mol. The summed E-state index contributed by atoms with van der Waals surface area (Å²) in [6.45, 7) is 0.574. The molecule has 98 valence electrons. The van der Waals surface area contributed by atoms with Gasteiger partial charge in [-0.3, -0.25) is 4.79 Å². The summed E-state index contributed by atoms with van der Waals surface area (Å²) in [6.07, 6.45) is 2.31. The van der Waals surface area contributed by atoms with Crippen molar-refractivity contribution in [1.29, 1.82) is 0 Å². The van der Waals surface area contributed by atoms with E-state index in [1.54, 1.807) is 7.11 Å². The fraction of sp³-hybridized carbons (Fsp3) is 0.462. The van der Waals surface area contributed by atoms with E-state index in [0.717, 1.165) is 35.0 Å². The molecule has 0 saturated heterocycles. The van der Waals surface area contributed by atoms with Crippen LogP contribution in [0.2, 0.25) is 0 Å². The van der Waals surface area contributed by atoms with Gasteiger partial charge in [-0.05, 0) is 43.0 Å². The first-order chi connectivity index (χ1) is 8.55. The van der Waals surface area contributed by atoms with Gasteiger partial charge in [-0.15, -0.1) is 0 Å². The molecule has 0 aliphatic heterocycles. The normalized spacial score (nSPS) is 16.2. The SMILES string of the molecule is COc1ccc(Br)cc1CCNC(=O)C1(N)CC1. The molecule has 1 aromatic carbocycles. The zero-order chi connectivity index (χ0) is 13.2. The second-order valence-corrected chi connectivity index (χ2v) is 5.53. The van der Waals surface area contributed by atoms with Crippen molar-refractivity contribution in [3.05, 3.63) is 28.2 Å². The van der Waals surface area contributed by atoms with Crippen molar-refractivity contribution in [2.24, 2.45) is 5.73 Å². The van der Waals surface area contributed by atoms with Crippen LogP contribution in [0.15, 0.2) is 22.7 Å². The van der Waals surface area contributed by atoms with Gasteiger partial charge in [0.05, 0.1) is 12.6 Å². The fourth-order valence-corrected chi connectivity index (χ4v) is 2.20. The Morgan fingerprint density at radius 3 is 2.89 bits per heavy atom. The monoisotopic (exact) mass is 312 g/mol. The van der Waals surface area contributed by atoms with E-state index in [4.69, 9.17) is 10.5 Å². The summed E-state index contributed by atoms with van der Waals surface area (Å²) in [5.74, 6) is 0.790. The second-order valence-electron chi connectivity index (χ2n) is 4.62. The highest BCUT2D eigenvalue weighted by atomic mass is 79.9.